The summed E-state index contributed by atoms with van der Waals surface area (Å²) in [5, 5.41) is 3.39. The van der Waals surface area contributed by atoms with E-state index in [2.05, 4.69) is 5.32 Å². The van der Waals surface area contributed by atoms with Crippen molar-refractivity contribution in [1.29, 1.82) is 0 Å². The highest BCUT2D eigenvalue weighted by atomic mass is 32.2. The van der Waals surface area contributed by atoms with Crippen molar-refractivity contribution in [2.75, 3.05) is 26.5 Å². The Labute approximate surface area is 194 Å². The summed E-state index contributed by atoms with van der Waals surface area (Å²) in [5.74, 6) is 2.30. The standard InChI is InChI=1S/C25H41NO5S/c1-6-25(2,3)32(28,29)18-19-9-12-21(13-10-19)22(27)8-7-15-26-17-20-11-14-23(30-4)24(16-20)31-5/h11,14,16,19,21,26H,6-10,12-13,15,17-18H2,1-5H3. The Bertz CT molecular complexity index is 842. The molecule has 0 radical (unpaired) electrons. The molecule has 2 rings (SSSR count). The topological polar surface area (TPSA) is 81.7 Å². The van der Waals surface area contributed by atoms with E-state index in [-0.39, 0.29) is 17.6 Å². The van der Waals surface area contributed by atoms with Gasteiger partial charge in [-0.25, -0.2) is 8.42 Å². The average molecular weight is 468 g/mol. The average Bonchev–Trinajstić information content (AvgIpc) is 2.78. The molecule has 1 aromatic rings. The zero-order valence-electron chi connectivity index (χ0n) is 20.4. The van der Waals surface area contributed by atoms with Crippen LogP contribution in [0.15, 0.2) is 18.2 Å². The lowest BCUT2D eigenvalue weighted by atomic mass is 9.80. The van der Waals surface area contributed by atoms with Gasteiger partial charge in [0, 0.05) is 18.9 Å². The molecular formula is C25H41NO5S. The Balaban J connectivity index is 1.68. The van der Waals surface area contributed by atoms with Gasteiger partial charge in [-0.3, -0.25) is 4.79 Å². The van der Waals surface area contributed by atoms with Crippen LogP contribution in [-0.4, -0.2) is 45.5 Å². The van der Waals surface area contributed by atoms with Gasteiger partial charge in [-0.1, -0.05) is 13.0 Å². The number of benzene rings is 1. The number of nitrogens with one attached hydrogen (secondary N) is 1. The molecule has 0 aromatic heterocycles. The maximum absolute atomic E-state index is 12.7. The van der Waals surface area contributed by atoms with Crippen molar-refractivity contribution in [3.63, 3.8) is 0 Å². The highest BCUT2D eigenvalue weighted by molar-refractivity contribution is 7.92. The number of carbonyl (C=O) groups excluding carboxylic acids is 1. The minimum atomic E-state index is -3.11. The summed E-state index contributed by atoms with van der Waals surface area (Å²) in [4.78, 5) is 12.6. The van der Waals surface area contributed by atoms with E-state index in [0.717, 1.165) is 44.2 Å². The van der Waals surface area contributed by atoms with Crippen molar-refractivity contribution in [2.24, 2.45) is 11.8 Å². The molecule has 0 atom stereocenters. The van der Waals surface area contributed by atoms with Crippen LogP contribution >= 0.6 is 0 Å². The van der Waals surface area contributed by atoms with E-state index < -0.39 is 14.6 Å². The molecule has 32 heavy (non-hydrogen) atoms. The molecule has 1 fully saturated rings. The van der Waals surface area contributed by atoms with Gasteiger partial charge < -0.3 is 14.8 Å². The van der Waals surface area contributed by atoms with Crippen molar-refractivity contribution >= 4 is 15.6 Å². The Morgan fingerprint density at radius 3 is 2.34 bits per heavy atom. The Hall–Kier alpha value is -1.60. The molecule has 1 N–H and O–H groups in total. The second-order valence-electron chi connectivity index (χ2n) is 9.55. The maximum atomic E-state index is 12.7. The van der Waals surface area contributed by atoms with E-state index in [1.165, 1.54) is 0 Å². The number of sulfone groups is 1. The van der Waals surface area contributed by atoms with E-state index in [1.807, 2.05) is 39.0 Å². The molecule has 1 aliphatic rings. The first-order chi connectivity index (χ1) is 15.1. The van der Waals surface area contributed by atoms with Gasteiger partial charge in [0.05, 0.1) is 24.7 Å². The van der Waals surface area contributed by atoms with Gasteiger partial charge in [0.15, 0.2) is 21.3 Å². The molecule has 0 unspecified atom stereocenters. The van der Waals surface area contributed by atoms with Crippen LogP contribution in [0.4, 0.5) is 0 Å². The lowest BCUT2D eigenvalue weighted by Gasteiger charge is -2.31. The van der Waals surface area contributed by atoms with Crippen LogP contribution in [-0.2, 0) is 21.2 Å². The zero-order valence-corrected chi connectivity index (χ0v) is 21.2. The predicted molar refractivity (Wildman–Crippen MR) is 129 cm³/mol. The van der Waals surface area contributed by atoms with Gasteiger partial charge in [0.2, 0.25) is 0 Å². The van der Waals surface area contributed by atoms with E-state index in [4.69, 9.17) is 9.47 Å². The van der Waals surface area contributed by atoms with E-state index in [9.17, 15) is 13.2 Å². The summed E-state index contributed by atoms with van der Waals surface area (Å²) in [5.41, 5.74) is 1.11. The van der Waals surface area contributed by atoms with Crippen molar-refractivity contribution in [2.45, 2.75) is 77.0 Å². The smallest absolute Gasteiger partial charge is 0.161 e. The summed E-state index contributed by atoms with van der Waals surface area (Å²) < 4.78 is 35.2. The molecule has 0 spiro atoms. The fraction of sp³-hybridized carbons (Fsp3) is 0.720. The molecular weight excluding hydrogens is 426 g/mol. The van der Waals surface area contributed by atoms with Crippen molar-refractivity contribution < 1.29 is 22.7 Å². The molecule has 1 saturated carbocycles. The molecule has 1 aromatic carbocycles. The number of rotatable bonds is 13. The highest BCUT2D eigenvalue weighted by Gasteiger charge is 2.36. The normalized spacial score (nSPS) is 19.5. The SMILES string of the molecule is CCC(C)(C)S(=O)(=O)CC1CCC(C(=O)CCCNCc2ccc(OC)c(OC)c2)CC1. The summed E-state index contributed by atoms with van der Waals surface area (Å²) in [6.07, 6.45) is 5.35. The number of hydrogen-bond donors (Lipinski definition) is 1. The van der Waals surface area contributed by atoms with Gasteiger partial charge in [0.1, 0.15) is 5.78 Å². The molecule has 7 heteroatoms. The zero-order chi connectivity index (χ0) is 23.8. The molecule has 6 nitrogen and oxygen atoms in total. The number of ketones is 1. The van der Waals surface area contributed by atoms with E-state index in [1.54, 1.807) is 14.2 Å². The third kappa shape index (κ3) is 7.20. The van der Waals surface area contributed by atoms with Crippen molar-refractivity contribution in [3.8, 4) is 11.5 Å². The van der Waals surface area contributed by atoms with Crippen LogP contribution in [0.2, 0.25) is 0 Å². The minimum Gasteiger partial charge on any atom is -0.493 e. The summed E-state index contributed by atoms with van der Waals surface area (Å²) in [6, 6.07) is 5.85. The Morgan fingerprint density at radius 1 is 1.09 bits per heavy atom. The fourth-order valence-corrected chi connectivity index (χ4v) is 6.07. The second kappa shape index (κ2) is 12.0. The van der Waals surface area contributed by atoms with Crippen LogP contribution in [0.1, 0.15) is 71.3 Å². The maximum Gasteiger partial charge on any atom is 0.161 e. The van der Waals surface area contributed by atoms with Crippen molar-refractivity contribution in [3.05, 3.63) is 23.8 Å². The summed E-state index contributed by atoms with van der Waals surface area (Å²) in [7, 11) is 0.136. The first kappa shape index (κ1) is 26.7. The van der Waals surface area contributed by atoms with Crippen LogP contribution in [0.25, 0.3) is 0 Å². The first-order valence-corrected chi connectivity index (χ1v) is 13.5. The third-order valence-electron chi connectivity index (χ3n) is 7.00. The van der Waals surface area contributed by atoms with E-state index in [0.29, 0.717) is 36.7 Å². The Kier molecular flexibility index (Phi) is 10.0. The van der Waals surface area contributed by atoms with Crippen LogP contribution in [0.3, 0.4) is 0 Å². The number of Topliss-reactive ketones (excluding diaryl/α,β-unsaturated/α-hetero) is 1. The lowest BCUT2D eigenvalue weighted by molar-refractivity contribution is -0.124. The fourth-order valence-electron chi connectivity index (χ4n) is 4.22. The van der Waals surface area contributed by atoms with Gasteiger partial charge in [-0.05, 0) is 82.5 Å². The number of ether oxygens (including phenoxy) is 2. The third-order valence-corrected chi connectivity index (χ3v) is 9.89. The lowest BCUT2D eigenvalue weighted by Crippen LogP contribution is -2.36. The minimum absolute atomic E-state index is 0.0963. The predicted octanol–water partition coefficient (Wildman–Crippen LogP) is 4.55. The molecule has 1 aliphatic carbocycles. The quantitative estimate of drug-likeness (QED) is 0.429. The van der Waals surface area contributed by atoms with E-state index >= 15 is 0 Å². The number of methoxy groups -OCH3 is 2. The van der Waals surface area contributed by atoms with Gasteiger partial charge >= 0.3 is 0 Å². The van der Waals surface area contributed by atoms with Crippen LogP contribution < -0.4 is 14.8 Å². The molecule has 0 heterocycles. The first-order valence-electron chi connectivity index (χ1n) is 11.8. The van der Waals surface area contributed by atoms with Crippen LogP contribution in [0.5, 0.6) is 11.5 Å². The largest absolute Gasteiger partial charge is 0.493 e. The summed E-state index contributed by atoms with van der Waals surface area (Å²) >= 11 is 0. The number of carbonyl (C=O) groups is 1. The van der Waals surface area contributed by atoms with Gasteiger partial charge in [-0.2, -0.15) is 0 Å². The monoisotopic (exact) mass is 467 g/mol. The van der Waals surface area contributed by atoms with Gasteiger partial charge in [-0.15, -0.1) is 0 Å². The molecule has 182 valence electrons. The van der Waals surface area contributed by atoms with Crippen molar-refractivity contribution in [1.82, 2.24) is 5.32 Å². The number of hydrogen-bond acceptors (Lipinski definition) is 6. The second-order valence-corrected chi connectivity index (χ2v) is 12.2. The molecule has 0 aliphatic heterocycles. The Morgan fingerprint density at radius 2 is 1.75 bits per heavy atom. The summed E-state index contributed by atoms with van der Waals surface area (Å²) in [6.45, 7) is 7.05. The molecule has 0 bridgehead atoms. The highest BCUT2D eigenvalue weighted by Crippen LogP contribution is 2.34. The molecule has 0 amide bonds. The molecule has 0 saturated heterocycles. The van der Waals surface area contributed by atoms with Crippen LogP contribution in [0, 0.1) is 11.8 Å². The van der Waals surface area contributed by atoms with Gasteiger partial charge in [0.25, 0.3) is 0 Å².